The van der Waals surface area contributed by atoms with Crippen LogP contribution in [0.2, 0.25) is 0 Å². The fourth-order valence-electron chi connectivity index (χ4n) is 2.46. The van der Waals surface area contributed by atoms with E-state index in [0.717, 1.165) is 22.7 Å². The number of rotatable bonds is 5. The zero-order chi connectivity index (χ0) is 15.8. The van der Waals surface area contributed by atoms with Gasteiger partial charge in [0.1, 0.15) is 5.01 Å². The number of nitrogens with one attached hydrogen (secondary N) is 1. The van der Waals surface area contributed by atoms with E-state index in [-0.39, 0.29) is 17.6 Å². The zero-order valence-corrected chi connectivity index (χ0v) is 13.3. The number of thiazole rings is 1. The second-order valence-corrected chi connectivity index (χ2v) is 6.92. The highest BCUT2D eigenvalue weighted by atomic mass is 32.1. The Balaban J connectivity index is 1.52. The summed E-state index contributed by atoms with van der Waals surface area (Å²) in [5, 5.41) is 7.83. The summed E-state index contributed by atoms with van der Waals surface area (Å²) >= 11 is 1.62. The summed E-state index contributed by atoms with van der Waals surface area (Å²) in [5.74, 6) is 1.19. The number of furan rings is 1. The molecule has 3 aromatic heterocycles. The van der Waals surface area contributed by atoms with E-state index in [0.29, 0.717) is 17.4 Å². The Morgan fingerprint density at radius 1 is 1.43 bits per heavy atom. The summed E-state index contributed by atoms with van der Waals surface area (Å²) in [6.45, 7) is 2.01. The Hall–Kier alpha value is -2.41. The maximum Gasteiger partial charge on any atom is 0.274 e. The second kappa shape index (κ2) is 5.66. The molecule has 0 spiro atoms. The van der Waals surface area contributed by atoms with Gasteiger partial charge in [0.05, 0.1) is 12.3 Å². The molecule has 1 saturated carbocycles. The molecule has 118 valence electrons. The van der Waals surface area contributed by atoms with Gasteiger partial charge in [-0.2, -0.15) is 0 Å². The van der Waals surface area contributed by atoms with E-state index < -0.39 is 0 Å². The van der Waals surface area contributed by atoms with Crippen molar-refractivity contribution in [1.29, 1.82) is 0 Å². The SMILES string of the molecule is Cc1cnc(C(NC(=O)c2cc(-c3ccco3)on2)C2CC2)s1. The minimum absolute atomic E-state index is 0.0510. The number of carbonyl (C=O) groups excluding carboxylic acids is 1. The summed E-state index contributed by atoms with van der Waals surface area (Å²) in [5.41, 5.74) is 0.246. The molecule has 3 aromatic rings. The number of amides is 1. The third kappa shape index (κ3) is 2.92. The van der Waals surface area contributed by atoms with Crippen molar-refractivity contribution in [1.82, 2.24) is 15.5 Å². The summed E-state index contributed by atoms with van der Waals surface area (Å²) in [6, 6.07) is 5.05. The first-order valence-corrected chi connectivity index (χ1v) is 8.26. The van der Waals surface area contributed by atoms with Crippen LogP contribution in [-0.4, -0.2) is 16.0 Å². The maximum absolute atomic E-state index is 12.5. The monoisotopic (exact) mass is 329 g/mol. The number of aryl methyl sites for hydroxylation is 1. The number of hydrogen-bond donors (Lipinski definition) is 1. The quantitative estimate of drug-likeness (QED) is 0.774. The average Bonchev–Trinajstić information content (AvgIpc) is 2.99. The van der Waals surface area contributed by atoms with E-state index in [2.05, 4.69) is 15.5 Å². The van der Waals surface area contributed by atoms with Gasteiger partial charge in [-0.15, -0.1) is 11.3 Å². The van der Waals surface area contributed by atoms with Gasteiger partial charge in [-0.25, -0.2) is 4.98 Å². The van der Waals surface area contributed by atoms with Gasteiger partial charge in [0.2, 0.25) is 5.76 Å². The van der Waals surface area contributed by atoms with Gasteiger partial charge in [-0.05, 0) is 37.8 Å². The van der Waals surface area contributed by atoms with Gasteiger partial charge in [-0.3, -0.25) is 4.79 Å². The lowest BCUT2D eigenvalue weighted by molar-refractivity contribution is 0.0922. The largest absolute Gasteiger partial charge is 0.461 e. The number of hydrogen-bond acceptors (Lipinski definition) is 6. The topological polar surface area (TPSA) is 81.2 Å². The molecule has 1 fully saturated rings. The van der Waals surface area contributed by atoms with E-state index in [9.17, 15) is 4.79 Å². The van der Waals surface area contributed by atoms with Crippen molar-refractivity contribution in [3.8, 4) is 11.5 Å². The van der Waals surface area contributed by atoms with Crippen LogP contribution in [0.4, 0.5) is 0 Å². The van der Waals surface area contributed by atoms with Crippen molar-refractivity contribution < 1.29 is 13.7 Å². The third-order valence-electron chi connectivity index (χ3n) is 3.79. The van der Waals surface area contributed by atoms with E-state index >= 15 is 0 Å². The Kier molecular flexibility index (Phi) is 3.49. The van der Waals surface area contributed by atoms with Gasteiger partial charge in [0.15, 0.2) is 11.5 Å². The Bertz CT molecular complexity index is 817. The Morgan fingerprint density at radius 2 is 2.30 bits per heavy atom. The van der Waals surface area contributed by atoms with E-state index in [1.165, 1.54) is 0 Å². The minimum Gasteiger partial charge on any atom is -0.461 e. The molecular weight excluding hydrogens is 314 g/mol. The molecule has 1 aliphatic rings. The molecule has 1 atom stereocenters. The van der Waals surface area contributed by atoms with Crippen LogP contribution in [0.3, 0.4) is 0 Å². The first kappa shape index (κ1) is 14.2. The van der Waals surface area contributed by atoms with Crippen LogP contribution in [0, 0.1) is 12.8 Å². The first-order chi connectivity index (χ1) is 11.2. The van der Waals surface area contributed by atoms with E-state index in [4.69, 9.17) is 8.94 Å². The standard InChI is InChI=1S/C16H15N3O3S/c1-9-8-17-16(23-9)14(10-4-5-10)18-15(20)11-7-13(22-19-11)12-3-2-6-21-12/h2-3,6-8,10,14H,4-5H2,1H3,(H,18,20). The van der Waals surface area contributed by atoms with E-state index in [1.807, 2.05) is 13.1 Å². The lowest BCUT2D eigenvalue weighted by Crippen LogP contribution is -2.30. The molecule has 7 heteroatoms. The highest BCUT2D eigenvalue weighted by Crippen LogP contribution is 2.42. The molecule has 0 radical (unpaired) electrons. The van der Waals surface area contributed by atoms with Crippen LogP contribution < -0.4 is 5.32 Å². The normalized spacial score (nSPS) is 15.5. The lowest BCUT2D eigenvalue weighted by Gasteiger charge is -2.14. The molecule has 1 unspecified atom stereocenters. The van der Waals surface area contributed by atoms with Gasteiger partial charge in [0.25, 0.3) is 5.91 Å². The third-order valence-corrected chi connectivity index (χ3v) is 4.79. The van der Waals surface area contributed by atoms with Crippen LogP contribution >= 0.6 is 11.3 Å². The first-order valence-electron chi connectivity index (χ1n) is 7.44. The molecule has 0 saturated heterocycles. The molecule has 1 N–H and O–H groups in total. The Labute approximate surface area is 136 Å². The van der Waals surface area contributed by atoms with Gasteiger partial charge < -0.3 is 14.3 Å². The van der Waals surface area contributed by atoms with Crippen LogP contribution in [0.1, 0.15) is 39.3 Å². The van der Waals surface area contributed by atoms with Crippen molar-refractivity contribution in [2.24, 2.45) is 5.92 Å². The molecule has 1 amide bonds. The molecule has 0 aliphatic heterocycles. The lowest BCUT2D eigenvalue weighted by atomic mass is 10.2. The molecule has 23 heavy (non-hydrogen) atoms. The van der Waals surface area contributed by atoms with Gasteiger partial charge >= 0.3 is 0 Å². The fraction of sp³-hybridized carbons (Fsp3) is 0.312. The average molecular weight is 329 g/mol. The summed E-state index contributed by atoms with van der Waals surface area (Å²) in [4.78, 5) is 18.0. The molecule has 0 bridgehead atoms. The molecular formula is C16H15N3O3S. The van der Waals surface area contributed by atoms with Crippen molar-refractivity contribution in [2.45, 2.75) is 25.8 Å². The van der Waals surface area contributed by atoms with Gasteiger partial charge in [0, 0.05) is 17.1 Å². The molecule has 0 aromatic carbocycles. The maximum atomic E-state index is 12.5. The van der Waals surface area contributed by atoms with E-state index in [1.54, 1.807) is 35.8 Å². The van der Waals surface area contributed by atoms with Crippen LogP contribution in [0.25, 0.3) is 11.5 Å². The van der Waals surface area contributed by atoms with Crippen molar-refractivity contribution >= 4 is 17.2 Å². The number of carbonyl (C=O) groups is 1. The van der Waals surface area contributed by atoms with Gasteiger partial charge in [-0.1, -0.05) is 5.16 Å². The summed E-state index contributed by atoms with van der Waals surface area (Å²) in [6.07, 6.45) is 5.61. The van der Waals surface area contributed by atoms with Crippen molar-refractivity contribution in [2.75, 3.05) is 0 Å². The van der Waals surface area contributed by atoms with Crippen LogP contribution in [0.15, 0.2) is 39.6 Å². The summed E-state index contributed by atoms with van der Waals surface area (Å²) in [7, 11) is 0. The molecule has 3 heterocycles. The van der Waals surface area contributed by atoms with Crippen LogP contribution in [-0.2, 0) is 0 Å². The number of nitrogens with zero attached hydrogens (tertiary/aromatic N) is 2. The highest BCUT2D eigenvalue weighted by molar-refractivity contribution is 7.11. The van der Waals surface area contributed by atoms with Crippen LogP contribution in [0.5, 0.6) is 0 Å². The minimum atomic E-state index is -0.253. The smallest absolute Gasteiger partial charge is 0.274 e. The zero-order valence-electron chi connectivity index (χ0n) is 12.5. The summed E-state index contributed by atoms with van der Waals surface area (Å²) < 4.78 is 10.4. The second-order valence-electron chi connectivity index (χ2n) is 5.65. The predicted octanol–water partition coefficient (Wildman–Crippen LogP) is 3.58. The van der Waals surface area contributed by atoms with Crippen molar-refractivity contribution in [3.63, 3.8) is 0 Å². The Morgan fingerprint density at radius 3 is 2.96 bits per heavy atom. The predicted molar refractivity (Wildman–Crippen MR) is 84.0 cm³/mol. The van der Waals surface area contributed by atoms with Crippen molar-refractivity contribution in [3.05, 3.63) is 46.2 Å². The highest BCUT2D eigenvalue weighted by Gasteiger charge is 2.35. The fourth-order valence-corrected chi connectivity index (χ4v) is 3.38. The molecule has 1 aliphatic carbocycles. The number of aromatic nitrogens is 2. The molecule has 4 rings (SSSR count). The molecule has 6 nitrogen and oxygen atoms in total.